The van der Waals surface area contributed by atoms with E-state index in [9.17, 15) is 0 Å². The fourth-order valence-electron chi connectivity index (χ4n) is 1.44. The lowest BCUT2D eigenvalue weighted by Crippen LogP contribution is -2.35. The Kier molecular flexibility index (Phi) is 5.83. The first-order valence-electron chi connectivity index (χ1n) is 5.29. The number of nitrogens with one attached hydrogen (secondary N) is 1. The molecule has 1 fully saturated rings. The van der Waals surface area contributed by atoms with Crippen LogP contribution in [-0.2, 0) is 4.74 Å². The Balaban J connectivity index is 2.05. The van der Waals surface area contributed by atoms with Gasteiger partial charge < -0.3 is 10.1 Å². The molecular weight excluding hydrogens is 182 g/mol. The molecule has 3 heteroatoms. The molecule has 1 atom stereocenters. The Morgan fingerprint density at radius 1 is 1.46 bits per heavy atom. The molecule has 0 radical (unpaired) electrons. The van der Waals surface area contributed by atoms with Gasteiger partial charge >= 0.3 is 0 Å². The predicted octanol–water partition coefficient (Wildman–Crippen LogP) is 1.90. The van der Waals surface area contributed by atoms with E-state index in [-0.39, 0.29) is 0 Å². The summed E-state index contributed by atoms with van der Waals surface area (Å²) >= 11 is 2.06. The fourth-order valence-corrected chi connectivity index (χ4v) is 2.62. The van der Waals surface area contributed by atoms with Gasteiger partial charge in [0.2, 0.25) is 0 Å². The second-order valence-corrected chi connectivity index (χ2v) is 4.87. The van der Waals surface area contributed by atoms with E-state index < -0.39 is 0 Å². The van der Waals surface area contributed by atoms with Gasteiger partial charge in [-0.05, 0) is 13.0 Å². The fraction of sp³-hybridized carbons (Fsp3) is 1.00. The Hall–Kier alpha value is 0.270. The van der Waals surface area contributed by atoms with Gasteiger partial charge in [0.15, 0.2) is 0 Å². The lowest BCUT2D eigenvalue weighted by atomic mass is 10.2. The standard InChI is InChI=1S/C10H21NOS/c1-3-5-9(11-4-2)8-13-10-6-12-7-10/h9-11H,3-8H2,1-2H3. The highest BCUT2D eigenvalue weighted by Crippen LogP contribution is 2.20. The van der Waals surface area contributed by atoms with Crippen LogP contribution < -0.4 is 5.32 Å². The average molecular weight is 203 g/mol. The maximum atomic E-state index is 5.15. The zero-order chi connectivity index (χ0) is 9.52. The summed E-state index contributed by atoms with van der Waals surface area (Å²) < 4.78 is 5.15. The van der Waals surface area contributed by atoms with Gasteiger partial charge in [0.05, 0.1) is 18.5 Å². The maximum absolute atomic E-state index is 5.15. The van der Waals surface area contributed by atoms with E-state index in [0.717, 1.165) is 25.0 Å². The molecule has 0 spiro atoms. The molecular formula is C10H21NOS. The zero-order valence-corrected chi connectivity index (χ0v) is 9.53. The lowest BCUT2D eigenvalue weighted by Gasteiger charge is -2.27. The van der Waals surface area contributed by atoms with E-state index >= 15 is 0 Å². The first-order chi connectivity index (χ1) is 6.36. The molecule has 0 aromatic carbocycles. The van der Waals surface area contributed by atoms with Crippen LogP contribution in [-0.4, -0.2) is 36.8 Å². The lowest BCUT2D eigenvalue weighted by molar-refractivity contribution is 0.0455. The first kappa shape index (κ1) is 11.3. The highest BCUT2D eigenvalue weighted by Gasteiger charge is 2.19. The van der Waals surface area contributed by atoms with Gasteiger partial charge in [-0.2, -0.15) is 11.8 Å². The van der Waals surface area contributed by atoms with Crippen molar-refractivity contribution in [2.45, 2.75) is 38.0 Å². The summed E-state index contributed by atoms with van der Waals surface area (Å²) in [6.45, 7) is 7.46. The van der Waals surface area contributed by atoms with Crippen molar-refractivity contribution < 1.29 is 4.74 Å². The topological polar surface area (TPSA) is 21.3 Å². The summed E-state index contributed by atoms with van der Waals surface area (Å²) in [5.41, 5.74) is 0. The first-order valence-corrected chi connectivity index (χ1v) is 6.34. The Bertz CT molecular complexity index is 122. The van der Waals surface area contributed by atoms with Gasteiger partial charge in [0, 0.05) is 11.8 Å². The Morgan fingerprint density at radius 2 is 2.23 bits per heavy atom. The summed E-state index contributed by atoms with van der Waals surface area (Å²) in [7, 11) is 0. The Labute approximate surface area is 85.8 Å². The van der Waals surface area contributed by atoms with Crippen LogP contribution in [0.15, 0.2) is 0 Å². The van der Waals surface area contributed by atoms with Crippen LogP contribution in [0.4, 0.5) is 0 Å². The van der Waals surface area contributed by atoms with Crippen molar-refractivity contribution in [3.63, 3.8) is 0 Å². The summed E-state index contributed by atoms with van der Waals surface area (Å²) in [6.07, 6.45) is 2.58. The van der Waals surface area contributed by atoms with E-state index in [4.69, 9.17) is 4.74 Å². The van der Waals surface area contributed by atoms with Crippen LogP contribution in [0.5, 0.6) is 0 Å². The minimum atomic E-state index is 0.709. The Morgan fingerprint density at radius 3 is 2.69 bits per heavy atom. The van der Waals surface area contributed by atoms with Crippen LogP contribution in [0.2, 0.25) is 0 Å². The third kappa shape index (κ3) is 4.34. The number of hydrogen-bond acceptors (Lipinski definition) is 3. The molecule has 13 heavy (non-hydrogen) atoms. The number of ether oxygens (including phenoxy) is 1. The molecule has 0 saturated carbocycles. The largest absolute Gasteiger partial charge is 0.379 e. The normalized spacial score (nSPS) is 19.8. The monoisotopic (exact) mass is 203 g/mol. The summed E-state index contributed by atoms with van der Waals surface area (Å²) in [5, 5.41) is 4.30. The van der Waals surface area contributed by atoms with Gasteiger partial charge in [0.25, 0.3) is 0 Å². The van der Waals surface area contributed by atoms with Gasteiger partial charge in [-0.25, -0.2) is 0 Å². The summed E-state index contributed by atoms with van der Waals surface area (Å²) in [5.74, 6) is 1.25. The molecule has 1 aliphatic rings. The molecule has 0 amide bonds. The molecule has 1 rings (SSSR count). The second kappa shape index (κ2) is 6.68. The van der Waals surface area contributed by atoms with Crippen LogP contribution in [0.3, 0.4) is 0 Å². The SMILES string of the molecule is CCCC(CSC1COC1)NCC. The second-order valence-electron chi connectivity index (χ2n) is 3.54. The smallest absolute Gasteiger partial charge is 0.0607 e. The van der Waals surface area contributed by atoms with Crippen molar-refractivity contribution in [3.05, 3.63) is 0 Å². The van der Waals surface area contributed by atoms with Gasteiger partial charge in [-0.3, -0.25) is 0 Å². The van der Waals surface area contributed by atoms with E-state index in [2.05, 4.69) is 30.9 Å². The van der Waals surface area contributed by atoms with Crippen LogP contribution in [0.25, 0.3) is 0 Å². The van der Waals surface area contributed by atoms with E-state index in [1.165, 1.54) is 18.6 Å². The molecule has 1 N–H and O–H groups in total. The molecule has 0 bridgehead atoms. The molecule has 1 aliphatic heterocycles. The van der Waals surface area contributed by atoms with Crippen molar-refractivity contribution in [2.24, 2.45) is 0 Å². The third-order valence-electron chi connectivity index (χ3n) is 2.27. The number of hydrogen-bond donors (Lipinski definition) is 1. The van der Waals surface area contributed by atoms with Gasteiger partial charge in [0.1, 0.15) is 0 Å². The quantitative estimate of drug-likeness (QED) is 0.683. The minimum Gasteiger partial charge on any atom is -0.379 e. The molecule has 1 unspecified atom stereocenters. The molecule has 0 aliphatic carbocycles. The number of thioether (sulfide) groups is 1. The van der Waals surface area contributed by atoms with Gasteiger partial charge in [-0.1, -0.05) is 20.3 Å². The molecule has 1 saturated heterocycles. The molecule has 2 nitrogen and oxygen atoms in total. The van der Waals surface area contributed by atoms with Crippen molar-refractivity contribution >= 4 is 11.8 Å². The number of rotatable bonds is 7. The highest BCUT2D eigenvalue weighted by atomic mass is 32.2. The van der Waals surface area contributed by atoms with Crippen LogP contribution >= 0.6 is 11.8 Å². The van der Waals surface area contributed by atoms with Crippen molar-refractivity contribution in [1.82, 2.24) is 5.32 Å². The van der Waals surface area contributed by atoms with Crippen molar-refractivity contribution in [3.8, 4) is 0 Å². The van der Waals surface area contributed by atoms with Crippen molar-refractivity contribution in [2.75, 3.05) is 25.5 Å². The van der Waals surface area contributed by atoms with E-state index in [1.807, 2.05) is 0 Å². The molecule has 0 aromatic rings. The van der Waals surface area contributed by atoms with E-state index in [1.54, 1.807) is 0 Å². The molecule has 78 valence electrons. The van der Waals surface area contributed by atoms with Crippen LogP contribution in [0, 0.1) is 0 Å². The summed E-state index contributed by atoms with van der Waals surface area (Å²) in [6, 6.07) is 0.709. The maximum Gasteiger partial charge on any atom is 0.0607 e. The van der Waals surface area contributed by atoms with Gasteiger partial charge in [-0.15, -0.1) is 0 Å². The average Bonchev–Trinajstić information content (AvgIpc) is 2.02. The minimum absolute atomic E-state index is 0.709. The highest BCUT2D eigenvalue weighted by molar-refractivity contribution is 8.00. The van der Waals surface area contributed by atoms with E-state index in [0.29, 0.717) is 6.04 Å². The molecule has 0 aromatic heterocycles. The predicted molar refractivity (Wildman–Crippen MR) is 59.4 cm³/mol. The zero-order valence-electron chi connectivity index (χ0n) is 8.71. The summed E-state index contributed by atoms with van der Waals surface area (Å²) in [4.78, 5) is 0. The third-order valence-corrected chi connectivity index (χ3v) is 3.61. The van der Waals surface area contributed by atoms with Crippen molar-refractivity contribution in [1.29, 1.82) is 0 Å². The molecule has 1 heterocycles. The van der Waals surface area contributed by atoms with Crippen LogP contribution in [0.1, 0.15) is 26.7 Å².